The molecular weight excluding hydrogens is 472 g/mol. The molecule has 1 amide bonds. The summed E-state index contributed by atoms with van der Waals surface area (Å²) in [7, 11) is 1.59. The number of para-hydroxylation sites is 1. The van der Waals surface area contributed by atoms with Gasteiger partial charge in [-0.25, -0.2) is 0 Å². The highest BCUT2D eigenvalue weighted by molar-refractivity contribution is 6.30. The van der Waals surface area contributed by atoms with Gasteiger partial charge in [0.1, 0.15) is 6.10 Å². The van der Waals surface area contributed by atoms with Crippen molar-refractivity contribution in [2.75, 3.05) is 25.2 Å². The number of esters is 2. The smallest absolute Gasteiger partial charge is 0.330 e. The number of nitrogens with zero attached hydrogens (tertiary/aromatic N) is 2. The molecular formula is C26H25ClN2O6. The van der Waals surface area contributed by atoms with Gasteiger partial charge < -0.3 is 19.1 Å². The van der Waals surface area contributed by atoms with Crippen LogP contribution in [0.3, 0.4) is 0 Å². The molecule has 2 aromatic rings. The molecule has 2 aromatic carbocycles. The molecule has 4 atom stereocenters. The molecule has 0 N–H and O–H groups in total. The zero-order valence-electron chi connectivity index (χ0n) is 19.6. The second-order valence-electron chi connectivity index (χ2n) is 8.43. The summed E-state index contributed by atoms with van der Waals surface area (Å²) in [5.74, 6) is -3.22. The summed E-state index contributed by atoms with van der Waals surface area (Å²) in [5, 5.41) is 11.1. The molecule has 8 nitrogen and oxygen atoms in total. The number of hydrogen-bond acceptors (Lipinski definition) is 7. The van der Waals surface area contributed by atoms with Gasteiger partial charge in [-0.15, -0.1) is 0 Å². The first-order valence-corrected chi connectivity index (χ1v) is 11.7. The van der Waals surface area contributed by atoms with Crippen LogP contribution in [0.5, 0.6) is 0 Å². The number of halogens is 1. The topological polar surface area (TPSA) is 106 Å². The summed E-state index contributed by atoms with van der Waals surface area (Å²) in [6.45, 7) is 3.38. The molecule has 9 heteroatoms. The first-order chi connectivity index (χ1) is 16.8. The highest BCUT2D eigenvalue weighted by Gasteiger charge is 2.75. The number of nitriles is 1. The van der Waals surface area contributed by atoms with Crippen molar-refractivity contribution in [2.45, 2.75) is 32.0 Å². The lowest BCUT2D eigenvalue weighted by Crippen LogP contribution is -2.49. The van der Waals surface area contributed by atoms with Crippen LogP contribution >= 0.6 is 11.6 Å². The number of hydrogen-bond donors (Lipinski definition) is 0. The number of rotatable bonds is 6. The Morgan fingerprint density at radius 1 is 1.11 bits per heavy atom. The number of amides is 1. The average molecular weight is 497 g/mol. The fourth-order valence-electron chi connectivity index (χ4n) is 5.21. The van der Waals surface area contributed by atoms with Gasteiger partial charge in [-0.05, 0) is 37.6 Å². The van der Waals surface area contributed by atoms with Gasteiger partial charge in [0.2, 0.25) is 0 Å². The molecule has 0 unspecified atom stereocenters. The van der Waals surface area contributed by atoms with Gasteiger partial charge in [0.25, 0.3) is 5.91 Å². The van der Waals surface area contributed by atoms with Crippen LogP contribution in [0.15, 0.2) is 48.5 Å². The fraction of sp³-hybridized carbons (Fsp3) is 0.385. The Morgan fingerprint density at radius 2 is 1.77 bits per heavy atom. The molecule has 1 spiro atoms. The second-order valence-corrected chi connectivity index (χ2v) is 8.87. The summed E-state index contributed by atoms with van der Waals surface area (Å²) >= 11 is 6.08. The summed E-state index contributed by atoms with van der Waals surface area (Å²) in [6.07, 6.45) is -1.62. The van der Waals surface area contributed by atoms with Crippen LogP contribution < -0.4 is 4.90 Å². The Balaban J connectivity index is 2.03. The van der Waals surface area contributed by atoms with Crippen LogP contribution in [0, 0.1) is 22.7 Å². The van der Waals surface area contributed by atoms with Crippen molar-refractivity contribution in [1.82, 2.24) is 0 Å². The monoisotopic (exact) mass is 496 g/mol. The zero-order valence-corrected chi connectivity index (χ0v) is 20.4. The van der Waals surface area contributed by atoms with E-state index < -0.39 is 47.3 Å². The van der Waals surface area contributed by atoms with Crippen LogP contribution in [0.1, 0.15) is 37.5 Å². The Morgan fingerprint density at radius 3 is 2.40 bits per heavy atom. The Bertz CT molecular complexity index is 1210. The summed E-state index contributed by atoms with van der Waals surface area (Å²) in [6, 6.07) is 15.6. The SMILES string of the molecule is CCOC(=O)C[C@H]1[C@](C#N)(C(=O)OCC)[C@@H](c2ccc(Cl)cc2)O[C@]12C(=O)N(C)c1ccccc12. The van der Waals surface area contributed by atoms with Gasteiger partial charge >= 0.3 is 11.9 Å². The molecule has 4 rings (SSSR count). The number of carbonyl (C=O) groups is 3. The third kappa shape index (κ3) is 3.58. The molecule has 1 fully saturated rings. The first-order valence-electron chi connectivity index (χ1n) is 11.3. The Labute approximate surface area is 208 Å². The van der Waals surface area contributed by atoms with Gasteiger partial charge in [0.05, 0.1) is 31.4 Å². The normalized spacial score (nSPS) is 26.9. The number of anilines is 1. The van der Waals surface area contributed by atoms with E-state index in [1.54, 1.807) is 69.4 Å². The molecule has 1 saturated heterocycles. The molecule has 0 aliphatic carbocycles. The van der Waals surface area contributed by atoms with Crippen molar-refractivity contribution in [2.24, 2.45) is 11.3 Å². The van der Waals surface area contributed by atoms with Gasteiger partial charge in [-0.2, -0.15) is 5.26 Å². The van der Waals surface area contributed by atoms with E-state index in [0.717, 1.165) is 0 Å². The van der Waals surface area contributed by atoms with Crippen LogP contribution in [0.4, 0.5) is 5.69 Å². The standard InChI is InChI=1S/C26H25ClN2O6/c1-4-33-21(30)14-20-25(15-28,24(32)34-5-2)22(16-10-12-17(27)13-11-16)35-26(20)18-8-6-7-9-19(18)29(3)23(26)31/h6-13,20,22H,4-5,14H2,1-3H3/t20-,22+,25-,26-/m0/s1. The molecule has 182 valence electrons. The first kappa shape index (κ1) is 24.7. The molecule has 0 bridgehead atoms. The largest absolute Gasteiger partial charge is 0.466 e. The summed E-state index contributed by atoms with van der Waals surface area (Å²) in [4.78, 5) is 41.8. The maximum Gasteiger partial charge on any atom is 0.330 e. The fourth-order valence-corrected chi connectivity index (χ4v) is 5.34. The number of ether oxygens (including phenoxy) is 3. The van der Waals surface area contributed by atoms with Crippen LogP contribution in [-0.2, 0) is 34.2 Å². The third-order valence-corrected chi connectivity index (χ3v) is 6.94. The lowest BCUT2D eigenvalue weighted by molar-refractivity contribution is -0.157. The Kier molecular flexibility index (Phi) is 6.58. The van der Waals surface area contributed by atoms with Gasteiger partial charge in [-0.1, -0.05) is 41.9 Å². The van der Waals surface area contributed by atoms with Gasteiger partial charge in [0, 0.05) is 23.6 Å². The Hall–Kier alpha value is -3.41. The minimum absolute atomic E-state index is 0.000830. The van der Waals surface area contributed by atoms with E-state index in [0.29, 0.717) is 21.8 Å². The number of benzene rings is 2. The predicted octanol–water partition coefficient (Wildman–Crippen LogP) is 3.93. The van der Waals surface area contributed by atoms with E-state index in [1.807, 2.05) is 0 Å². The van der Waals surface area contributed by atoms with Gasteiger partial charge in [-0.3, -0.25) is 14.4 Å². The van der Waals surface area contributed by atoms with Crippen molar-refractivity contribution in [1.29, 1.82) is 5.26 Å². The van der Waals surface area contributed by atoms with E-state index >= 15 is 0 Å². The van der Waals surface area contributed by atoms with Crippen LogP contribution in [-0.4, -0.2) is 38.1 Å². The number of likely N-dealkylation sites (N-methyl/N-ethyl adjacent to an activating group) is 1. The third-order valence-electron chi connectivity index (χ3n) is 6.69. The van der Waals surface area contributed by atoms with E-state index in [4.69, 9.17) is 25.8 Å². The molecule has 2 heterocycles. The quantitative estimate of drug-likeness (QED) is 0.558. The highest BCUT2D eigenvalue weighted by atomic mass is 35.5. The maximum atomic E-state index is 13.9. The number of fused-ring (bicyclic) bond motifs is 2. The van der Waals surface area contributed by atoms with Crippen molar-refractivity contribution >= 4 is 35.1 Å². The number of carbonyl (C=O) groups excluding carboxylic acids is 3. The summed E-state index contributed by atoms with van der Waals surface area (Å²) < 4.78 is 17.1. The maximum absolute atomic E-state index is 13.9. The molecule has 2 aliphatic rings. The van der Waals surface area contributed by atoms with E-state index in [-0.39, 0.29) is 13.2 Å². The second kappa shape index (κ2) is 9.33. The highest BCUT2D eigenvalue weighted by Crippen LogP contribution is 2.65. The predicted molar refractivity (Wildman–Crippen MR) is 126 cm³/mol. The molecule has 0 saturated carbocycles. The van der Waals surface area contributed by atoms with Crippen molar-refractivity contribution in [3.8, 4) is 6.07 Å². The molecule has 0 radical (unpaired) electrons. The lowest BCUT2D eigenvalue weighted by atomic mass is 9.64. The van der Waals surface area contributed by atoms with E-state index in [9.17, 15) is 19.6 Å². The molecule has 35 heavy (non-hydrogen) atoms. The van der Waals surface area contributed by atoms with Gasteiger partial charge in [0.15, 0.2) is 11.0 Å². The minimum atomic E-state index is -2.02. The molecule has 2 aliphatic heterocycles. The van der Waals surface area contributed by atoms with Crippen molar-refractivity contribution < 1.29 is 28.6 Å². The minimum Gasteiger partial charge on any atom is -0.466 e. The summed E-state index contributed by atoms with van der Waals surface area (Å²) in [5.41, 5.74) is -2.31. The zero-order chi connectivity index (χ0) is 25.4. The van der Waals surface area contributed by atoms with Crippen molar-refractivity contribution in [3.05, 3.63) is 64.7 Å². The van der Waals surface area contributed by atoms with Crippen molar-refractivity contribution in [3.63, 3.8) is 0 Å². The van der Waals surface area contributed by atoms with E-state index in [2.05, 4.69) is 6.07 Å². The van der Waals surface area contributed by atoms with Crippen LogP contribution in [0.2, 0.25) is 5.02 Å². The average Bonchev–Trinajstić information content (AvgIpc) is 3.26. The van der Waals surface area contributed by atoms with E-state index in [1.165, 1.54) is 4.90 Å². The van der Waals surface area contributed by atoms with Crippen LogP contribution in [0.25, 0.3) is 0 Å². The molecule has 0 aromatic heterocycles. The lowest BCUT2D eigenvalue weighted by Gasteiger charge is -2.33.